The van der Waals surface area contributed by atoms with Crippen molar-refractivity contribution in [2.24, 2.45) is 4.99 Å². The van der Waals surface area contributed by atoms with Gasteiger partial charge in [-0.15, -0.1) is 0 Å². The third-order valence-corrected chi connectivity index (χ3v) is 13.0. The number of rotatable bonds is 5. The lowest BCUT2D eigenvalue weighted by Gasteiger charge is -2.43. The highest BCUT2D eigenvalue weighted by molar-refractivity contribution is 6.20. The second-order valence-electron chi connectivity index (χ2n) is 16.1. The zero-order chi connectivity index (χ0) is 39.6. The van der Waals surface area contributed by atoms with Gasteiger partial charge >= 0.3 is 0 Å². The highest BCUT2D eigenvalue weighted by Crippen LogP contribution is 2.62. The molecule has 1 spiro atoms. The minimum Gasteiger partial charge on any atom is -0.460 e. The molecule has 0 amide bonds. The van der Waals surface area contributed by atoms with Crippen molar-refractivity contribution >= 4 is 22.2 Å². The maximum atomic E-state index is 7.20. The molecule has 2 atom stereocenters. The minimum atomic E-state index is -0.505. The smallest absolute Gasteiger partial charge is 0.145 e. The molecule has 3 nitrogen and oxygen atoms in total. The zero-order valence-corrected chi connectivity index (χ0v) is 32.9. The molecule has 2 heterocycles. The number of hydrogen-bond donors (Lipinski definition) is 1. The Bertz CT molecular complexity index is 3090. The molecule has 12 rings (SSSR count). The molecule has 0 saturated heterocycles. The molecule has 2 aliphatic carbocycles. The molecule has 4 aliphatic rings. The predicted octanol–water partition coefficient (Wildman–Crippen LogP) is 13.3. The van der Waals surface area contributed by atoms with Crippen molar-refractivity contribution in [3.05, 3.63) is 263 Å². The van der Waals surface area contributed by atoms with Gasteiger partial charge in [0.15, 0.2) is 0 Å². The summed E-state index contributed by atoms with van der Waals surface area (Å²) in [5.41, 5.74) is 16.1. The van der Waals surface area contributed by atoms with E-state index < -0.39 is 5.41 Å². The van der Waals surface area contributed by atoms with Crippen LogP contribution in [0.3, 0.4) is 0 Å². The first-order valence-electron chi connectivity index (χ1n) is 20.9. The summed E-state index contributed by atoms with van der Waals surface area (Å²) in [7, 11) is 0. The highest BCUT2D eigenvalue weighted by atomic mass is 16.5. The number of nitrogens with zero attached hydrogens (tertiary/aromatic N) is 1. The van der Waals surface area contributed by atoms with Crippen molar-refractivity contribution in [3.63, 3.8) is 0 Å². The monoisotopic (exact) mass is 768 g/mol. The van der Waals surface area contributed by atoms with E-state index in [0.29, 0.717) is 0 Å². The van der Waals surface area contributed by atoms with Gasteiger partial charge in [-0.1, -0.05) is 200 Å². The number of para-hydroxylation sites is 1. The molecule has 3 heteroatoms. The van der Waals surface area contributed by atoms with Crippen LogP contribution >= 0.6 is 0 Å². The van der Waals surface area contributed by atoms with Gasteiger partial charge in [-0.05, 0) is 73.8 Å². The van der Waals surface area contributed by atoms with Gasteiger partial charge in [-0.25, -0.2) is 0 Å². The lowest BCUT2D eigenvalue weighted by molar-refractivity contribution is 0.345. The Morgan fingerprint density at radius 2 is 1.10 bits per heavy atom. The van der Waals surface area contributed by atoms with Crippen molar-refractivity contribution in [2.75, 3.05) is 0 Å². The molecule has 0 radical (unpaired) electrons. The van der Waals surface area contributed by atoms with E-state index in [-0.39, 0.29) is 12.1 Å². The first kappa shape index (κ1) is 34.5. The SMILES string of the molecule is C1=CC2=C(Oc3ccccc3C23c2ccccc2-c2ccccc23)C(c2ccccc2C2=CC(c3ccc(-c4ccccc4)c4ccccc34)=NC(c3ccccc3)N2)C1. The number of nitrogens with one attached hydrogen (secondary N) is 1. The van der Waals surface area contributed by atoms with E-state index in [1.54, 1.807) is 0 Å². The van der Waals surface area contributed by atoms with E-state index in [9.17, 15) is 0 Å². The number of fused-ring (bicyclic) bond motifs is 9. The second kappa shape index (κ2) is 13.8. The van der Waals surface area contributed by atoms with Crippen molar-refractivity contribution in [3.8, 4) is 28.0 Å². The molecule has 60 heavy (non-hydrogen) atoms. The number of benzene rings is 8. The van der Waals surface area contributed by atoms with Crippen molar-refractivity contribution in [2.45, 2.75) is 23.9 Å². The van der Waals surface area contributed by atoms with Crippen LogP contribution in [-0.4, -0.2) is 5.71 Å². The quantitative estimate of drug-likeness (QED) is 0.189. The van der Waals surface area contributed by atoms with Crippen LogP contribution in [0.4, 0.5) is 0 Å². The molecular formula is C57H40N2O. The van der Waals surface area contributed by atoms with E-state index in [4.69, 9.17) is 9.73 Å². The molecule has 0 fully saturated rings. The summed E-state index contributed by atoms with van der Waals surface area (Å²) < 4.78 is 7.20. The minimum absolute atomic E-state index is 0.0301. The summed E-state index contributed by atoms with van der Waals surface area (Å²) in [5.74, 6) is 1.90. The Kier molecular flexibility index (Phi) is 7.96. The molecule has 0 saturated carbocycles. The van der Waals surface area contributed by atoms with Crippen molar-refractivity contribution in [1.29, 1.82) is 0 Å². The summed E-state index contributed by atoms with van der Waals surface area (Å²) >= 11 is 0. The Hall–Kier alpha value is -7.49. The molecular weight excluding hydrogens is 729 g/mol. The molecule has 0 bridgehead atoms. The second-order valence-corrected chi connectivity index (χ2v) is 16.1. The van der Waals surface area contributed by atoms with Crippen LogP contribution in [0.25, 0.3) is 38.7 Å². The molecule has 1 N–H and O–H groups in total. The third kappa shape index (κ3) is 5.19. The lowest BCUT2D eigenvalue weighted by Crippen LogP contribution is -2.36. The summed E-state index contributed by atoms with van der Waals surface area (Å²) in [6, 6.07) is 70.0. The van der Waals surface area contributed by atoms with Crippen LogP contribution in [0.15, 0.2) is 229 Å². The maximum absolute atomic E-state index is 7.20. The lowest BCUT2D eigenvalue weighted by atomic mass is 9.63. The van der Waals surface area contributed by atoms with E-state index in [1.807, 2.05) is 0 Å². The summed E-state index contributed by atoms with van der Waals surface area (Å²) in [4.78, 5) is 5.46. The standard InChI is InChI=1S/C57H40N2O/c1-3-18-37(19-4-1)39-34-35-46(41-23-8-7-22-40(39)41)53-36-52(58-56(59-53)38-20-5-2-6-21-38)45-27-10-9-24-42(45)47-28-17-32-51-55(47)60-54-33-16-15-31-50(54)57(51)48-29-13-11-25-43(48)44-26-12-14-30-49(44)57/h1-27,29-36,47,56,58H,28H2. The molecule has 284 valence electrons. The number of ether oxygens (including phenoxy) is 1. The maximum Gasteiger partial charge on any atom is 0.145 e. The first-order chi connectivity index (χ1) is 29.8. The topological polar surface area (TPSA) is 33.6 Å². The van der Waals surface area contributed by atoms with Gasteiger partial charge in [0.05, 0.1) is 11.1 Å². The van der Waals surface area contributed by atoms with Crippen LogP contribution in [0.1, 0.15) is 57.4 Å². The Morgan fingerprint density at radius 3 is 1.85 bits per heavy atom. The normalized spacial score (nSPS) is 18.1. The summed E-state index contributed by atoms with van der Waals surface area (Å²) in [6.07, 6.45) is 7.51. The van der Waals surface area contributed by atoms with Gasteiger partial charge in [0.1, 0.15) is 17.7 Å². The zero-order valence-electron chi connectivity index (χ0n) is 32.9. The van der Waals surface area contributed by atoms with Gasteiger partial charge in [-0.3, -0.25) is 4.99 Å². The van der Waals surface area contributed by atoms with Crippen LogP contribution in [0, 0.1) is 0 Å². The first-order valence-corrected chi connectivity index (χ1v) is 20.9. The average molecular weight is 769 g/mol. The van der Waals surface area contributed by atoms with Crippen molar-refractivity contribution in [1.82, 2.24) is 5.32 Å². The fourth-order valence-corrected chi connectivity index (χ4v) is 10.4. The number of allylic oxidation sites excluding steroid dienone is 5. The average Bonchev–Trinajstić information content (AvgIpc) is 3.62. The van der Waals surface area contributed by atoms with Crippen LogP contribution < -0.4 is 10.1 Å². The molecule has 8 aromatic rings. The molecule has 0 aromatic heterocycles. The third-order valence-electron chi connectivity index (χ3n) is 13.0. The van der Waals surface area contributed by atoms with E-state index in [2.05, 4.69) is 218 Å². The van der Waals surface area contributed by atoms with E-state index in [1.165, 1.54) is 60.9 Å². The number of hydrogen-bond acceptors (Lipinski definition) is 3. The number of aliphatic imine (C=N–C) groups is 1. The summed E-state index contributed by atoms with van der Waals surface area (Å²) in [6.45, 7) is 0. The Labute approximate surface area is 350 Å². The fraction of sp³-hybridized carbons (Fsp3) is 0.0702. The Balaban J connectivity index is 1.04. The molecule has 2 aliphatic heterocycles. The van der Waals surface area contributed by atoms with E-state index >= 15 is 0 Å². The van der Waals surface area contributed by atoms with Gasteiger partial charge in [0, 0.05) is 33.9 Å². The highest BCUT2D eigenvalue weighted by Gasteiger charge is 2.53. The van der Waals surface area contributed by atoms with E-state index in [0.717, 1.165) is 46.0 Å². The largest absolute Gasteiger partial charge is 0.460 e. The van der Waals surface area contributed by atoms with Gasteiger partial charge in [0.2, 0.25) is 0 Å². The van der Waals surface area contributed by atoms with Gasteiger partial charge in [-0.2, -0.15) is 0 Å². The van der Waals surface area contributed by atoms with Crippen LogP contribution in [0.2, 0.25) is 0 Å². The predicted molar refractivity (Wildman–Crippen MR) is 245 cm³/mol. The fourth-order valence-electron chi connectivity index (χ4n) is 10.4. The Morgan fingerprint density at radius 1 is 0.517 bits per heavy atom. The van der Waals surface area contributed by atoms with Gasteiger partial charge < -0.3 is 10.1 Å². The summed E-state index contributed by atoms with van der Waals surface area (Å²) in [5, 5.41) is 6.30. The van der Waals surface area contributed by atoms with Crippen molar-refractivity contribution < 1.29 is 4.74 Å². The van der Waals surface area contributed by atoms with Crippen LogP contribution in [-0.2, 0) is 5.41 Å². The molecule has 8 aromatic carbocycles. The van der Waals surface area contributed by atoms with Crippen LogP contribution in [0.5, 0.6) is 5.75 Å². The van der Waals surface area contributed by atoms with Gasteiger partial charge in [0.25, 0.3) is 0 Å². The molecule has 2 unspecified atom stereocenters.